The first kappa shape index (κ1) is 29.8. The molecule has 9 heteroatoms. The molecule has 4 aromatic rings. The van der Waals surface area contributed by atoms with E-state index < -0.39 is 11.8 Å². The minimum Gasteiger partial charge on any atom is -0.493 e. The lowest BCUT2D eigenvalue weighted by Gasteiger charge is -2.36. The molecule has 1 aliphatic heterocycles. The molecule has 1 fully saturated rings. The maximum Gasteiger partial charge on any atom is 0.270 e. The fourth-order valence-corrected chi connectivity index (χ4v) is 5.72. The maximum absolute atomic E-state index is 13.9. The second kappa shape index (κ2) is 12.6. The second-order valence-corrected chi connectivity index (χ2v) is 11.7. The molecule has 212 valence electrons. The summed E-state index contributed by atoms with van der Waals surface area (Å²) in [6.45, 7) is 4.24. The lowest BCUT2D eigenvalue weighted by molar-refractivity contribution is -0.120. The van der Waals surface area contributed by atoms with E-state index in [0.29, 0.717) is 40.1 Å². The number of ether oxygens (including phenoxy) is 2. The first-order valence-electron chi connectivity index (χ1n) is 13.0. The Hall–Kier alpha value is -3.73. The normalized spacial score (nSPS) is 13.5. The number of thiocarbonyl (C=S) groups is 1. The fraction of sp³-hybridized carbons (Fsp3) is 0.121. The van der Waals surface area contributed by atoms with Gasteiger partial charge in [0, 0.05) is 5.02 Å². The fourth-order valence-electron chi connectivity index (χ4n) is 4.44. The van der Waals surface area contributed by atoms with E-state index in [9.17, 15) is 9.59 Å². The molecule has 0 aliphatic carbocycles. The number of anilines is 2. The predicted molar refractivity (Wildman–Crippen MR) is 179 cm³/mol. The summed E-state index contributed by atoms with van der Waals surface area (Å²) in [5.74, 6) is 0.0171. The Labute approximate surface area is 268 Å². The highest BCUT2D eigenvalue weighted by atomic mass is 127. The summed E-state index contributed by atoms with van der Waals surface area (Å²) in [5, 5.41) is 0.741. The molecule has 4 aromatic carbocycles. The van der Waals surface area contributed by atoms with Gasteiger partial charge in [-0.3, -0.25) is 19.4 Å². The summed E-state index contributed by atoms with van der Waals surface area (Å²) in [5.41, 5.74) is 4.75. The van der Waals surface area contributed by atoms with E-state index in [2.05, 4.69) is 22.6 Å². The molecule has 6 nitrogen and oxygen atoms in total. The molecule has 0 bridgehead atoms. The lowest BCUT2D eigenvalue weighted by Crippen LogP contribution is -2.56. The SMILES string of the molecule is COc1cc(C=C2C(=O)N(c3ccc(C)cc3)C(=S)N(c3ccc(C)cc3)C2=O)cc(I)c1OCc1ccc(Cl)cc1. The number of halogens is 2. The zero-order valence-electron chi connectivity index (χ0n) is 23.1. The summed E-state index contributed by atoms with van der Waals surface area (Å²) < 4.78 is 12.5. The number of nitrogens with zero attached hydrogens (tertiary/aromatic N) is 2. The first-order valence-corrected chi connectivity index (χ1v) is 14.9. The van der Waals surface area contributed by atoms with Crippen molar-refractivity contribution in [3.05, 3.63) is 121 Å². The lowest BCUT2D eigenvalue weighted by atomic mass is 10.0. The number of carbonyl (C=O) groups excluding carboxylic acids is 2. The summed E-state index contributed by atoms with van der Waals surface area (Å²) in [7, 11) is 1.55. The van der Waals surface area contributed by atoms with Gasteiger partial charge < -0.3 is 9.47 Å². The average Bonchev–Trinajstić information content (AvgIpc) is 2.97. The van der Waals surface area contributed by atoms with Gasteiger partial charge in [0.05, 0.1) is 22.1 Å². The van der Waals surface area contributed by atoms with Gasteiger partial charge in [0.15, 0.2) is 16.6 Å². The highest BCUT2D eigenvalue weighted by molar-refractivity contribution is 14.1. The Morgan fingerprint density at radius 2 is 1.36 bits per heavy atom. The molecule has 2 amide bonds. The number of rotatable bonds is 7. The van der Waals surface area contributed by atoms with E-state index in [1.54, 1.807) is 31.4 Å². The van der Waals surface area contributed by atoms with Gasteiger partial charge in [-0.05, 0) is 114 Å². The van der Waals surface area contributed by atoms with Gasteiger partial charge in [-0.2, -0.15) is 0 Å². The average molecular weight is 709 g/mol. The van der Waals surface area contributed by atoms with Crippen molar-refractivity contribution in [2.45, 2.75) is 20.5 Å². The van der Waals surface area contributed by atoms with E-state index in [1.807, 2.05) is 80.6 Å². The molecule has 0 unspecified atom stereocenters. The van der Waals surface area contributed by atoms with Crippen molar-refractivity contribution in [3.63, 3.8) is 0 Å². The summed E-state index contributed by atoms with van der Waals surface area (Å²) in [6, 6.07) is 25.9. The standard InChI is InChI=1S/C33H26ClIN2O4S/c1-20-4-12-25(13-5-20)36-31(38)27(32(39)37(33(36)42)26-14-6-21(2)7-15-26)16-23-17-28(35)30(29(18-23)40-3)41-19-22-8-10-24(34)11-9-22/h4-18H,19H2,1-3H3. The van der Waals surface area contributed by atoms with E-state index in [-0.39, 0.29) is 10.7 Å². The predicted octanol–water partition coefficient (Wildman–Crippen LogP) is 7.90. The van der Waals surface area contributed by atoms with Crippen LogP contribution in [0.4, 0.5) is 11.4 Å². The third-order valence-corrected chi connectivity index (χ3v) is 8.11. The Kier molecular flexibility index (Phi) is 8.96. The largest absolute Gasteiger partial charge is 0.493 e. The van der Waals surface area contributed by atoms with Gasteiger partial charge in [0.1, 0.15) is 12.2 Å². The van der Waals surface area contributed by atoms with Crippen LogP contribution in [-0.2, 0) is 16.2 Å². The van der Waals surface area contributed by atoms with Crippen molar-refractivity contribution in [2.75, 3.05) is 16.9 Å². The Morgan fingerprint density at radius 1 is 0.833 bits per heavy atom. The third-order valence-electron chi connectivity index (χ3n) is 6.69. The van der Waals surface area contributed by atoms with Crippen molar-refractivity contribution in [1.29, 1.82) is 0 Å². The molecule has 0 aromatic heterocycles. The number of aryl methyl sites for hydroxylation is 2. The minimum atomic E-state index is -0.505. The smallest absolute Gasteiger partial charge is 0.270 e. The molecule has 0 N–H and O–H groups in total. The number of benzene rings is 4. The molecular formula is C33H26ClIN2O4S. The van der Waals surface area contributed by atoms with Crippen LogP contribution in [0.2, 0.25) is 5.02 Å². The quantitative estimate of drug-likeness (QED) is 0.0846. The van der Waals surface area contributed by atoms with E-state index >= 15 is 0 Å². The summed E-state index contributed by atoms with van der Waals surface area (Å²) in [6.07, 6.45) is 1.57. The monoisotopic (exact) mass is 708 g/mol. The van der Waals surface area contributed by atoms with Crippen molar-refractivity contribution in [2.24, 2.45) is 0 Å². The Bertz CT molecular complexity index is 1630. The van der Waals surface area contributed by atoms with Crippen LogP contribution >= 0.6 is 46.4 Å². The molecule has 1 aliphatic rings. The van der Waals surface area contributed by atoms with E-state index in [1.165, 1.54) is 9.80 Å². The molecule has 1 heterocycles. The van der Waals surface area contributed by atoms with E-state index in [0.717, 1.165) is 20.3 Å². The van der Waals surface area contributed by atoms with Crippen molar-refractivity contribution >= 4 is 80.8 Å². The van der Waals surface area contributed by atoms with Crippen molar-refractivity contribution < 1.29 is 19.1 Å². The minimum absolute atomic E-state index is 0.0302. The molecule has 1 saturated heterocycles. The third kappa shape index (κ3) is 6.21. The van der Waals surface area contributed by atoms with Crippen molar-refractivity contribution in [1.82, 2.24) is 0 Å². The van der Waals surface area contributed by atoms with Crippen LogP contribution in [0.15, 0.2) is 90.5 Å². The zero-order chi connectivity index (χ0) is 30.0. The molecule has 0 atom stereocenters. The summed E-state index contributed by atoms with van der Waals surface area (Å²) in [4.78, 5) is 30.6. The number of carbonyl (C=O) groups is 2. The van der Waals surface area contributed by atoms with E-state index in [4.69, 9.17) is 33.3 Å². The highest BCUT2D eigenvalue weighted by Crippen LogP contribution is 2.36. The van der Waals surface area contributed by atoms with Gasteiger partial charge in [-0.15, -0.1) is 0 Å². The van der Waals surface area contributed by atoms with Gasteiger partial charge in [-0.25, -0.2) is 0 Å². The topological polar surface area (TPSA) is 59.1 Å². The van der Waals surface area contributed by atoms with Gasteiger partial charge in [-0.1, -0.05) is 59.1 Å². The van der Waals surface area contributed by atoms with Crippen LogP contribution in [0.5, 0.6) is 11.5 Å². The number of methoxy groups -OCH3 is 1. The van der Waals surface area contributed by atoms with Gasteiger partial charge in [0.25, 0.3) is 11.8 Å². The van der Waals surface area contributed by atoms with Crippen LogP contribution in [0.25, 0.3) is 6.08 Å². The molecule has 0 radical (unpaired) electrons. The molecule has 5 rings (SSSR count). The molecule has 0 saturated carbocycles. The molecular weight excluding hydrogens is 683 g/mol. The number of hydrogen-bond donors (Lipinski definition) is 0. The number of hydrogen-bond acceptors (Lipinski definition) is 5. The van der Waals surface area contributed by atoms with Gasteiger partial charge in [0.2, 0.25) is 0 Å². The highest BCUT2D eigenvalue weighted by Gasteiger charge is 2.41. The Morgan fingerprint density at radius 3 is 1.86 bits per heavy atom. The van der Waals surface area contributed by atoms with Crippen LogP contribution in [0.3, 0.4) is 0 Å². The van der Waals surface area contributed by atoms with Crippen LogP contribution < -0.4 is 19.3 Å². The second-order valence-electron chi connectivity index (χ2n) is 9.74. The van der Waals surface area contributed by atoms with Crippen LogP contribution in [0.1, 0.15) is 22.3 Å². The summed E-state index contributed by atoms with van der Waals surface area (Å²) >= 11 is 13.9. The molecule has 42 heavy (non-hydrogen) atoms. The number of amides is 2. The van der Waals surface area contributed by atoms with Crippen LogP contribution in [0, 0.1) is 17.4 Å². The zero-order valence-corrected chi connectivity index (χ0v) is 26.8. The molecule has 0 spiro atoms. The van der Waals surface area contributed by atoms with Crippen molar-refractivity contribution in [3.8, 4) is 11.5 Å². The Balaban J connectivity index is 1.54. The first-order chi connectivity index (χ1) is 20.2. The van der Waals surface area contributed by atoms with Crippen LogP contribution in [-0.4, -0.2) is 24.0 Å². The maximum atomic E-state index is 13.9. The van der Waals surface area contributed by atoms with Gasteiger partial charge >= 0.3 is 0 Å².